The summed E-state index contributed by atoms with van der Waals surface area (Å²) in [5.74, 6) is 0.120. The van der Waals surface area contributed by atoms with Gasteiger partial charge in [-0.3, -0.25) is 4.79 Å². The molecule has 0 spiro atoms. The van der Waals surface area contributed by atoms with Crippen molar-refractivity contribution >= 4 is 5.97 Å². The van der Waals surface area contributed by atoms with Crippen molar-refractivity contribution in [3.8, 4) is 0 Å². The van der Waals surface area contributed by atoms with Crippen LogP contribution in [0.3, 0.4) is 0 Å². The van der Waals surface area contributed by atoms with E-state index in [9.17, 15) is 4.79 Å². The fourth-order valence-corrected chi connectivity index (χ4v) is 0.966. The van der Waals surface area contributed by atoms with Crippen LogP contribution < -0.4 is 5.32 Å². The molecule has 1 aromatic heterocycles. The van der Waals surface area contributed by atoms with E-state index in [2.05, 4.69) is 15.3 Å². The maximum Gasteiger partial charge on any atom is 0.303 e. The highest BCUT2D eigenvalue weighted by Crippen LogP contribution is 1.89. The fourth-order valence-electron chi connectivity index (χ4n) is 0.966. The summed E-state index contributed by atoms with van der Waals surface area (Å²) in [6, 6.07) is 0. The second kappa shape index (κ2) is 5.31. The van der Waals surface area contributed by atoms with Crippen LogP contribution in [-0.4, -0.2) is 27.6 Å². The second-order valence-electron chi connectivity index (χ2n) is 2.71. The Morgan fingerprint density at radius 3 is 3.15 bits per heavy atom. The summed E-state index contributed by atoms with van der Waals surface area (Å²) in [7, 11) is 0. The third kappa shape index (κ3) is 4.27. The SMILES string of the molecule is O=C(O)CCCNCc1ncc[nH]1. The Morgan fingerprint density at radius 1 is 1.69 bits per heavy atom. The van der Waals surface area contributed by atoms with Crippen molar-refractivity contribution in [2.24, 2.45) is 0 Å². The first-order valence-corrected chi connectivity index (χ1v) is 4.20. The van der Waals surface area contributed by atoms with E-state index in [-0.39, 0.29) is 6.42 Å². The minimum atomic E-state index is -0.750. The lowest BCUT2D eigenvalue weighted by Crippen LogP contribution is -2.16. The predicted octanol–water partition coefficient (Wildman–Crippen LogP) is 0.364. The minimum Gasteiger partial charge on any atom is -0.481 e. The van der Waals surface area contributed by atoms with Crippen molar-refractivity contribution in [2.45, 2.75) is 19.4 Å². The number of hydrogen-bond donors (Lipinski definition) is 3. The average Bonchev–Trinajstić information content (AvgIpc) is 2.55. The summed E-state index contributed by atoms with van der Waals surface area (Å²) in [4.78, 5) is 17.1. The van der Waals surface area contributed by atoms with E-state index in [4.69, 9.17) is 5.11 Å². The van der Waals surface area contributed by atoms with Gasteiger partial charge in [-0.1, -0.05) is 0 Å². The molecular weight excluding hydrogens is 170 g/mol. The molecule has 0 aromatic carbocycles. The first kappa shape index (κ1) is 9.73. The molecule has 0 aliphatic heterocycles. The molecule has 1 rings (SSSR count). The summed E-state index contributed by atoms with van der Waals surface area (Å²) in [5, 5.41) is 11.4. The number of aromatic amines is 1. The zero-order valence-electron chi connectivity index (χ0n) is 7.29. The van der Waals surface area contributed by atoms with Gasteiger partial charge in [-0.05, 0) is 13.0 Å². The highest BCUT2D eigenvalue weighted by Gasteiger charge is 1.96. The molecule has 0 saturated heterocycles. The Labute approximate surface area is 76.2 Å². The number of carboxylic acid groups (broad SMARTS) is 1. The topological polar surface area (TPSA) is 78.0 Å². The third-order valence-electron chi connectivity index (χ3n) is 1.59. The molecule has 0 saturated carbocycles. The van der Waals surface area contributed by atoms with Gasteiger partial charge in [0.05, 0.1) is 6.54 Å². The first-order valence-electron chi connectivity index (χ1n) is 4.20. The van der Waals surface area contributed by atoms with E-state index in [0.717, 1.165) is 5.82 Å². The van der Waals surface area contributed by atoms with Crippen LogP contribution in [0.4, 0.5) is 0 Å². The number of rotatable bonds is 6. The normalized spacial score (nSPS) is 10.2. The van der Waals surface area contributed by atoms with Crippen LogP contribution in [0.1, 0.15) is 18.7 Å². The Balaban J connectivity index is 1.99. The van der Waals surface area contributed by atoms with Gasteiger partial charge in [-0.15, -0.1) is 0 Å². The smallest absolute Gasteiger partial charge is 0.303 e. The fraction of sp³-hybridized carbons (Fsp3) is 0.500. The Morgan fingerprint density at radius 2 is 2.54 bits per heavy atom. The molecule has 0 atom stereocenters. The van der Waals surface area contributed by atoms with Gasteiger partial charge in [0.15, 0.2) is 0 Å². The van der Waals surface area contributed by atoms with Crippen molar-refractivity contribution in [3.63, 3.8) is 0 Å². The standard InChI is InChI=1S/C8H13N3O2/c12-8(13)2-1-3-9-6-7-10-4-5-11-7/h4-5,9H,1-3,6H2,(H,10,11)(H,12,13). The molecule has 0 unspecified atom stereocenters. The number of nitrogens with one attached hydrogen (secondary N) is 2. The number of carbonyl (C=O) groups is 1. The summed E-state index contributed by atoms with van der Waals surface area (Å²) in [6.45, 7) is 1.36. The number of aliphatic carboxylic acids is 1. The van der Waals surface area contributed by atoms with Gasteiger partial charge < -0.3 is 15.4 Å². The Kier molecular flexibility index (Phi) is 3.98. The van der Waals surface area contributed by atoms with E-state index >= 15 is 0 Å². The molecule has 3 N–H and O–H groups in total. The van der Waals surface area contributed by atoms with Crippen molar-refractivity contribution in [3.05, 3.63) is 18.2 Å². The second-order valence-corrected chi connectivity index (χ2v) is 2.71. The summed E-state index contributed by atoms with van der Waals surface area (Å²) in [6.07, 6.45) is 4.31. The number of hydrogen-bond acceptors (Lipinski definition) is 3. The maximum atomic E-state index is 10.1. The Hall–Kier alpha value is -1.36. The lowest BCUT2D eigenvalue weighted by atomic mass is 10.3. The summed E-state index contributed by atoms with van der Waals surface area (Å²) >= 11 is 0. The van der Waals surface area contributed by atoms with Gasteiger partial charge in [0.2, 0.25) is 0 Å². The lowest BCUT2D eigenvalue weighted by molar-refractivity contribution is -0.137. The van der Waals surface area contributed by atoms with Crippen LogP contribution in [-0.2, 0) is 11.3 Å². The monoisotopic (exact) mass is 183 g/mol. The zero-order valence-corrected chi connectivity index (χ0v) is 7.29. The molecule has 5 heteroatoms. The number of H-pyrrole nitrogens is 1. The van der Waals surface area contributed by atoms with Crippen molar-refractivity contribution in [2.75, 3.05) is 6.54 Å². The Bertz CT molecular complexity index is 246. The van der Waals surface area contributed by atoms with Gasteiger partial charge in [0, 0.05) is 18.8 Å². The molecule has 0 amide bonds. The summed E-state index contributed by atoms with van der Waals surface area (Å²) < 4.78 is 0. The van der Waals surface area contributed by atoms with Crippen LogP contribution in [0.2, 0.25) is 0 Å². The molecule has 13 heavy (non-hydrogen) atoms. The molecule has 72 valence electrons. The van der Waals surface area contributed by atoms with E-state index in [0.29, 0.717) is 19.5 Å². The van der Waals surface area contributed by atoms with Crippen molar-refractivity contribution in [1.29, 1.82) is 0 Å². The van der Waals surface area contributed by atoms with Gasteiger partial charge >= 0.3 is 5.97 Å². The van der Waals surface area contributed by atoms with E-state index < -0.39 is 5.97 Å². The minimum absolute atomic E-state index is 0.213. The van der Waals surface area contributed by atoms with Crippen LogP contribution in [0.5, 0.6) is 0 Å². The highest BCUT2D eigenvalue weighted by atomic mass is 16.4. The molecule has 1 heterocycles. The number of nitrogens with zero attached hydrogens (tertiary/aromatic N) is 1. The van der Waals surface area contributed by atoms with E-state index in [1.54, 1.807) is 12.4 Å². The largest absolute Gasteiger partial charge is 0.481 e. The van der Waals surface area contributed by atoms with Crippen LogP contribution in [0.25, 0.3) is 0 Å². The molecule has 5 nitrogen and oxygen atoms in total. The molecule has 0 bridgehead atoms. The lowest BCUT2D eigenvalue weighted by Gasteiger charge is -1.99. The zero-order chi connectivity index (χ0) is 9.52. The number of imidazole rings is 1. The predicted molar refractivity (Wildman–Crippen MR) is 47.2 cm³/mol. The highest BCUT2D eigenvalue weighted by molar-refractivity contribution is 5.66. The molecule has 0 radical (unpaired) electrons. The van der Waals surface area contributed by atoms with Gasteiger partial charge in [-0.2, -0.15) is 0 Å². The quantitative estimate of drug-likeness (QED) is 0.556. The van der Waals surface area contributed by atoms with Crippen molar-refractivity contribution in [1.82, 2.24) is 15.3 Å². The third-order valence-corrected chi connectivity index (χ3v) is 1.59. The van der Waals surface area contributed by atoms with Gasteiger partial charge in [0.25, 0.3) is 0 Å². The number of aromatic nitrogens is 2. The summed E-state index contributed by atoms with van der Waals surface area (Å²) in [5.41, 5.74) is 0. The molecule has 1 aromatic rings. The molecule has 0 aliphatic carbocycles. The first-order chi connectivity index (χ1) is 6.29. The van der Waals surface area contributed by atoms with E-state index in [1.807, 2.05) is 0 Å². The number of carboxylic acids is 1. The van der Waals surface area contributed by atoms with Crippen LogP contribution >= 0.6 is 0 Å². The molecule has 0 fully saturated rings. The van der Waals surface area contributed by atoms with Crippen LogP contribution in [0.15, 0.2) is 12.4 Å². The van der Waals surface area contributed by atoms with Gasteiger partial charge in [-0.25, -0.2) is 4.98 Å². The molecular formula is C8H13N3O2. The molecule has 0 aliphatic rings. The van der Waals surface area contributed by atoms with Gasteiger partial charge in [0.1, 0.15) is 5.82 Å². The van der Waals surface area contributed by atoms with Crippen molar-refractivity contribution < 1.29 is 9.90 Å². The van der Waals surface area contributed by atoms with E-state index in [1.165, 1.54) is 0 Å². The average molecular weight is 183 g/mol. The maximum absolute atomic E-state index is 10.1. The van der Waals surface area contributed by atoms with Crippen LogP contribution in [0, 0.1) is 0 Å².